The van der Waals surface area contributed by atoms with Crippen LogP contribution in [0.15, 0.2) is 53.3 Å². The fourth-order valence-electron chi connectivity index (χ4n) is 5.65. The van der Waals surface area contributed by atoms with Gasteiger partial charge in [-0.05, 0) is 52.3 Å². The minimum absolute atomic E-state index is 0.103. The average molecular weight is 535 g/mol. The highest BCUT2D eigenvalue weighted by molar-refractivity contribution is 5.81. The van der Waals surface area contributed by atoms with E-state index in [1.807, 2.05) is 55.5 Å². The quantitative estimate of drug-likeness (QED) is 0.282. The maximum atomic E-state index is 14.3. The van der Waals surface area contributed by atoms with Crippen molar-refractivity contribution in [3.8, 4) is 22.5 Å². The number of nitrogens with one attached hydrogen (secondary N) is 1. The first-order valence-corrected chi connectivity index (χ1v) is 13.6. The predicted octanol–water partition coefficient (Wildman–Crippen LogP) is 6.05. The van der Waals surface area contributed by atoms with Crippen molar-refractivity contribution < 1.29 is 13.6 Å². The Morgan fingerprint density at radius 1 is 1.05 bits per heavy atom. The largest absolute Gasteiger partial charge is 0.335 e. The van der Waals surface area contributed by atoms with E-state index < -0.39 is 23.7 Å². The maximum absolute atomic E-state index is 14.3. The van der Waals surface area contributed by atoms with Gasteiger partial charge in [-0.25, -0.2) is 23.2 Å². The molecule has 0 radical (unpaired) electrons. The van der Waals surface area contributed by atoms with Gasteiger partial charge in [0.25, 0.3) is 6.43 Å². The van der Waals surface area contributed by atoms with Crippen LogP contribution >= 0.6 is 0 Å². The minimum Gasteiger partial charge on any atom is -0.291 e. The van der Waals surface area contributed by atoms with Gasteiger partial charge < -0.3 is 0 Å². The molecule has 2 heterocycles. The van der Waals surface area contributed by atoms with Gasteiger partial charge in [0, 0.05) is 17.7 Å². The normalized spacial score (nSPS) is 14.3. The molecule has 0 atom stereocenters. The van der Waals surface area contributed by atoms with Crippen LogP contribution in [0.2, 0.25) is 0 Å². The first kappa shape index (κ1) is 26.6. The molecule has 1 aliphatic rings. The lowest BCUT2D eigenvalue weighted by molar-refractivity contribution is 0.0823. The Hall–Kier alpha value is -3.95. The molecule has 1 N–H and O–H groups in total. The zero-order chi connectivity index (χ0) is 27.4. The summed E-state index contributed by atoms with van der Waals surface area (Å²) in [4.78, 5) is 26.7. The maximum Gasteiger partial charge on any atom is 0.335 e. The molecule has 39 heavy (non-hydrogen) atoms. The van der Waals surface area contributed by atoms with Crippen molar-refractivity contribution >= 4 is 5.91 Å². The third-order valence-electron chi connectivity index (χ3n) is 7.55. The summed E-state index contributed by atoms with van der Waals surface area (Å²) in [5.41, 5.74) is 2.56. The van der Waals surface area contributed by atoms with Gasteiger partial charge in [0.15, 0.2) is 5.82 Å². The van der Waals surface area contributed by atoms with Crippen molar-refractivity contribution in [3.63, 3.8) is 0 Å². The molecule has 0 saturated heterocycles. The van der Waals surface area contributed by atoms with Gasteiger partial charge in [0.05, 0.1) is 6.54 Å². The van der Waals surface area contributed by atoms with Crippen LogP contribution in [0.3, 0.4) is 0 Å². The summed E-state index contributed by atoms with van der Waals surface area (Å²) in [7, 11) is 0. The first-order valence-electron chi connectivity index (χ1n) is 13.6. The van der Waals surface area contributed by atoms with Crippen LogP contribution in [0, 0.1) is 5.92 Å². The van der Waals surface area contributed by atoms with E-state index in [0.29, 0.717) is 12.2 Å². The van der Waals surface area contributed by atoms with Gasteiger partial charge in [-0.3, -0.25) is 9.36 Å². The Morgan fingerprint density at radius 3 is 2.41 bits per heavy atom. The monoisotopic (exact) mass is 534 g/mol. The molecule has 0 aliphatic heterocycles. The standard InChI is InChI=1S/C29H32F2N6O2/c1-2-8-24-26(27(30)31)37(25(38)17-19-9-4-3-5-10-19)29(39)36(24)18-20-13-15-21(16-14-20)22-11-6-7-12-23(22)28-32-34-35-33-28/h6-7,11-16,19,27H,2-5,8-10,17-18H2,1H3,(H,32,33,34,35). The van der Waals surface area contributed by atoms with Crippen molar-refractivity contribution in [2.24, 2.45) is 5.92 Å². The van der Waals surface area contributed by atoms with E-state index in [2.05, 4.69) is 20.6 Å². The Balaban J connectivity index is 1.46. The highest BCUT2D eigenvalue weighted by Gasteiger charge is 2.30. The van der Waals surface area contributed by atoms with Gasteiger partial charge in [0.1, 0.15) is 5.69 Å². The number of carbonyl (C=O) groups is 1. The molecular weight excluding hydrogens is 502 g/mol. The third kappa shape index (κ3) is 5.60. The van der Waals surface area contributed by atoms with E-state index in [1.165, 1.54) is 4.57 Å². The van der Waals surface area contributed by atoms with E-state index in [0.717, 1.165) is 58.9 Å². The van der Waals surface area contributed by atoms with Gasteiger partial charge in [-0.2, -0.15) is 0 Å². The summed E-state index contributed by atoms with van der Waals surface area (Å²) in [6.45, 7) is 1.98. The van der Waals surface area contributed by atoms with Crippen LogP contribution in [-0.4, -0.2) is 35.7 Å². The summed E-state index contributed by atoms with van der Waals surface area (Å²) < 4.78 is 30.8. The molecule has 1 aliphatic carbocycles. The molecule has 5 rings (SSSR count). The number of halogens is 2. The van der Waals surface area contributed by atoms with Gasteiger partial charge in [-0.1, -0.05) is 81.1 Å². The summed E-state index contributed by atoms with van der Waals surface area (Å²) >= 11 is 0. The summed E-state index contributed by atoms with van der Waals surface area (Å²) in [5, 5.41) is 14.1. The predicted molar refractivity (Wildman–Crippen MR) is 144 cm³/mol. The smallest absolute Gasteiger partial charge is 0.291 e. The molecule has 2 aromatic carbocycles. The first-order chi connectivity index (χ1) is 19.0. The van der Waals surface area contributed by atoms with Crippen LogP contribution in [0.1, 0.15) is 80.0 Å². The second-order valence-electron chi connectivity index (χ2n) is 10.2. The van der Waals surface area contributed by atoms with Crippen LogP contribution in [0.5, 0.6) is 0 Å². The van der Waals surface area contributed by atoms with E-state index >= 15 is 0 Å². The fraction of sp³-hybridized carbons (Fsp3) is 0.414. The highest BCUT2D eigenvalue weighted by Crippen LogP contribution is 2.31. The van der Waals surface area contributed by atoms with Crippen molar-refractivity contribution in [3.05, 3.63) is 76.0 Å². The lowest BCUT2D eigenvalue weighted by Crippen LogP contribution is -2.32. The van der Waals surface area contributed by atoms with E-state index in [-0.39, 0.29) is 31.0 Å². The molecule has 2 aromatic heterocycles. The van der Waals surface area contributed by atoms with Crippen molar-refractivity contribution in [2.75, 3.05) is 0 Å². The second-order valence-corrected chi connectivity index (χ2v) is 10.2. The number of carbonyl (C=O) groups excluding carboxylic acids is 1. The molecule has 4 aromatic rings. The summed E-state index contributed by atoms with van der Waals surface area (Å²) in [6, 6.07) is 15.3. The van der Waals surface area contributed by atoms with E-state index in [9.17, 15) is 18.4 Å². The average Bonchev–Trinajstić information content (AvgIpc) is 3.58. The highest BCUT2D eigenvalue weighted by atomic mass is 19.3. The molecule has 10 heteroatoms. The van der Waals surface area contributed by atoms with Crippen LogP contribution < -0.4 is 5.69 Å². The van der Waals surface area contributed by atoms with Crippen molar-refractivity contribution in [1.82, 2.24) is 29.8 Å². The molecule has 1 saturated carbocycles. The Labute approximate surface area is 225 Å². The molecule has 0 amide bonds. The number of alkyl halides is 2. The topological polar surface area (TPSA) is 98.5 Å². The van der Waals surface area contributed by atoms with Crippen LogP contribution in [-0.2, 0) is 13.0 Å². The Morgan fingerprint density at radius 2 is 1.77 bits per heavy atom. The van der Waals surface area contributed by atoms with Crippen LogP contribution in [0.4, 0.5) is 8.78 Å². The Bertz CT molecular complexity index is 1470. The molecule has 0 bridgehead atoms. The summed E-state index contributed by atoms with van der Waals surface area (Å²) in [6.07, 6.45) is 3.07. The third-order valence-corrected chi connectivity index (χ3v) is 7.55. The molecule has 0 spiro atoms. The number of aromatic nitrogens is 6. The minimum atomic E-state index is -2.92. The summed E-state index contributed by atoms with van der Waals surface area (Å²) in [5.74, 6) is 0.168. The van der Waals surface area contributed by atoms with E-state index in [1.54, 1.807) is 0 Å². The number of benzene rings is 2. The molecular formula is C29H32F2N6O2. The van der Waals surface area contributed by atoms with Gasteiger partial charge >= 0.3 is 5.69 Å². The van der Waals surface area contributed by atoms with E-state index in [4.69, 9.17) is 0 Å². The molecule has 1 fully saturated rings. The number of tetrazole rings is 1. The van der Waals surface area contributed by atoms with Crippen molar-refractivity contribution in [2.45, 2.75) is 71.3 Å². The van der Waals surface area contributed by atoms with Gasteiger partial charge in [-0.15, -0.1) is 5.10 Å². The van der Waals surface area contributed by atoms with Gasteiger partial charge in [0.2, 0.25) is 5.91 Å². The van der Waals surface area contributed by atoms with Crippen molar-refractivity contribution in [1.29, 1.82) is 0 Å². The second kappa shape index (κ2) is 11.8. The number of hydrogen-bond donors (Lipinski definition) is 1. The number of nitrogens with zero attached hydrogens (tertiary/aromatic N) is 5. The fourth-order valence-corrected chi connectivity index (χ4v) is 5.65. The number of hydrogen-bond acceptors (Lipinski definition) is 5. The van der Waals surface area contributed by atoms with Crippen LogP contribution in [0.25, 0.3) is 22.5 Å². The SMILES string of the molecule is CCCc1c(C(F)F)n(C(=O)CC2CCCCC2)c(=O)n1Cc1ccc(-c2ccccc2-c2nnn[nH]2)cc1. The molecule has 204 valence electrons. The Kier molecular flexibility index (Phi) is 8.09. The molecule has 0 unspecified atom stereocenters. The lowest BCUT2D eigenvalue weighted by Gasteiger charge is -2.20. The number of H-pyrrole nitrogens is 1. The zero-order valence-corrected chi connectivity index (χ0v) is 21.9. The lowest BCUT2D eigenvalue weighted by atomic mass is 9.87. The zero-order valence-electron chi connectivity index (χ0n) is 21.9. The number of imidazole rings is 1. The molecule has 8 nitrogen and oxygen atoms in total. The number of rotatable bonds is 9. The number of aromatic amines is 1.